The molecule has 2 aromatic carbocycles. The molecule has 0 radical (unpaired) electrons. The van der Waals surface area contributed by atoms with E-state index in [1.807, 2.05) is 54.6 Å². The molecule has 1 N–H and O–H groups in total. The first-order valence-corrected chi connectivity index (χ1v) is 9.18. The number of anilines is 1. The fourth-order valence-electron chi connectivity index (χ4n) is 2.38. The van der Waals surface area contributed by atoms with E-state index in [0.717, 1.165) is 29.0 Å². The summed E-state index contributed by atoms with van der Waals surface area (Å²) in [6, 6.07) is 17.5. The molecule has 0 unspecified atom stereocenters. The summed E-state index contributed by atoms with van der Waals surface area (Å²) in [7, 11) is 0. The van der Waals surface area contributed by atoms with Crippen molar-refractivity contribution in [2.45, 2.75) is 23.5 Å². The van der Waals surface area contributed by atoms with Crippen molar-refractivity contribution in [3.05, 3.63) is 60.5 Å². The minimum Gasteiger partial charge on any atom is -0.420 e. The van der Waals surface area contributed by atoms with Crippen LogP contribution < -0.4 is 5.32 Å². The van der Waals surface area contributed by atoms with Crippen LogP contribution in [0.25, 0.3) is 11.5 Å². The van der Waals surface area contributed by atoms with Crippen molar-refractivity contribution in [1.82, 2.24) is 10.2 Å². The van der Waals surface area contributed by atoms with E-state index >= 15 is 0 Å². The van der Waals surface area contributed by atoms with Gasteiger partial charge < -0.3 is 9.73 Å². The van der Waals surface area contributed by atoms with Gasteiger partial charge in [0, 0.05) is 22.1 Å². The molecule has 0 atom stereocenters. The normalized spacial score (nSPS) is 13.6. The summed E-state index contributed by atoms with van der Waals surface area (Å²) in [6.45, 7) is 0. The van der Waals surface area contributed by atoms with Gasteiger partial charge in [-0.3, -0.25) is 4.79 Å². The van der Waals surface area contributed by atoms with Gasteiger partial charge in [0.1, 0.15) is 0 Å². The topological polar surface area (TPSA) is 68.0 Å². The van der Waals surface area contributed by atoms with Crippen LogP contribution in [0.15, 0.2) is 63.9 Å². The van der Waals surface area contributed by atoms with Crippen molar-refractivity contribution in [3.8, 4) is 11.5 Å². The first-order valence-electron chi connectivity index (χ1n) is 8.19. The number of carbonyl (C=O) groups is 1. The molecule has 6 heteroatoms. The van der Waals surface area contributed by atoms with Gasteiger partial charge in [-0.25, -0.2) is 0 Å². The molecule has 0 saturated heterocycles. The summed E-state index contributed by atoms with van der Waals surface area (Å²) >= 11 is 1.62. The maximum absolute atomic E-state index is 11.7. The van der Waals surface area contributed by atoms with Crippen LogP contribution >= 0.6 is 11.8 Å². The predicted molar refractivity (Wildman–Crippen MR) is 97.1 cm³/mol. The number of aromatic nitrogens is 2. The van der Waals surface area contributed by atoms with Gasteiger partial charge >= 0.3 is 0 Å². The van der Waals surface area contributed by atoms with E-state index in [0.29, 0.717) is 17.5 Å². The third-order valence-electron chi connectivity index (χ3n) is 3.92. The zero-order valence-electron chi connectivity index (χ0n) is 13.5. The monoisotopic (exact) mass is 351 g/mol. The van der Waals surface area contributed by atoms with E-state index in [2.05, 4.69) is 15.5 Å². The van der Waals surface area contributed by atoms with Crippen molar-refractivity contribution in [3.63, 3.8) is 0 Å². The molecule has 1 fully saturated rings. The molecule has 25 heavy (non-hydrogen) atoms. The number of hydrogen-bond donors (Lipinski definition) is 1. The van der Waals surface area contributed by atoms with Gasteiger partial charge in [-0.05, 0) is 49.2 Å². The summed E-state index contributed by atoms with van der Waals surface area (Å²) in [5, 5.41) is 11.1. The van der Waals surface area contributed by atoms with Gasteiger partial charge in [-0.15, -0.1) is 22.0 Å². The number of benzene rings is 2. The van der Waals surface area contributed by atoms with E-state index in [4.69, 9.17) is 4.42 Å². The summed E-state index contributed by atoms with van der Waals surface area (Å²) in [5.74, 6) is 2.07. The van der Waals surface area contributed by atoms with Crippen molar-refractivity contribution < 1.29 is 9.21 Å². The fraction of sp³-hybridized carbons (Fsp3) is 0.211. The molecular formula is C19H17N3O2S. The second kappa shape index (κ2) is 7.11. The van der Waals surface area contributed by atoms with Gasteiger partial charge in [0.15, 0.2) is 0 Å². The Kier molecular flexibility index (Phi) is 4.52. The van der Waals surface area contributed by atoms with Crippen LogP contribution in [-0.2, 0) is 10.5 Å². The first-order chi connectivity index (χ1) is 12.3. The summed E-state index contributed by atoms with van der Waals surface area (Å²) < 4.78 is 5.70. The largest absolute Gasteiger partial charge is 0.420 e. The lowest BCUT2D eigenvalue weighted by molar-refractivity contribution is -0.117. The molecule has 0 aliphatic heterocycles. The lowest BCUT2D eigenvalue weighted by atomic mass is 10.2. The Balaban J connectivity index is 1.33. The highest BCUT2D eigenvalue weighted by Gasteiger charge is 2.29. The third-order valence-corrected chi connectivity index (χ3v) is 4.92. The number of thioether (sulfide) groups is 1. The summed E-state index contributed by atoms with van der Waals surface area (Å²) in [6.07, 6.45) is 2.02. The Labute approximate surface area is 149 Å². The molecule has 5 nitrogen and oxygen atoms in total. The number of rotatable bonds is 6. The van der Waals surface area contributed by atoms with Crippen molar-refractivity contribution in [2.24, 2.45) is 5.92 Å². The first kappa shape index (κ1) is 15.9. The molecule has 0 spiro atoms. The zero-order chi connectivity index (χ0) is 17.1. The molecule has 1 saturated carbocycles. The van der Waals surface area contributed by atoms with Crippen LogP contribution in [0.4, 0.5) is 5.69 Å². The second-order valence-corrected chi connectivity index (χ2v) is 6.99. The van der Waals surface area contributed by atoms with Gasteiger partial charge in [-0.2, -0.15) is 0 Å². The highest BCUT2D eigenvalue weighted by atomic mass is 32.2. The number of carbonyl (C=O) groups excluding carboxylic acids is 1. The highest BCUT2D eigenvalue weighted by molar-refractivity contribution is 7.98. The molecular weight excluding hydrogens is 334 g/mol. The van der Waals surface area contributed by atoms with Gasteiger partial charge in [0.25, 0.3) is 0 Å². The minimum absolute atomic E-state index is 0.125. The molecule has 1 aliphatic rings. The van der Waals surface area contributed by atoms with Gasteiger partial charge in [-0.1, -0.05) is 18.2 Å². The van der Waals surface area contributed by atoms with E-state index < -0.39 is 0 Å². The Bertz CT molecular complexity index is 858. The van der Waals surface area contributed by atoms with Crippen LogP contribution in [0.2, 0.25) is 0 Å². The van der Waals surface area contributed by atoms with Gasteiger partial charge in [0.2, 0.25) is 17.7 Å². The summed E-state index contributed by atoms with van der Waals surface area (Å²) in [4.78, 5) is 12.8. The van der Waals surface area contributed by atoms with Crippen molar-refractivity contribution >= 4 is 23.4 Å². The predicted octanol–water partition coefficient (Wildman–Crippen LogP) is 4.38. The molecule has 126 valence electrons. The zero-order valence-corrected chi connectivity index (χ0v) is 14.3. The Hall–Kier alpha value is -2.60. The maximum Gasteiger partial charge on any atom is 0.247 e. The van der Waals surface area contributed by atoms with Crippen molar-refractivity contribution in [1.29, 1.82) is 0 Å². The van der Waals surface area contributed by atoms with Crippen molar-refractivity contribution in [2.75, 3.05) is 5.32 Å². The number of nitrogens with zero attached hydrogens (tertiary/aromatic N) is 2. The number of nitrogens with one attached hydrogen (secondary N) is 1. The van der Waals surface area contributed by atoms with Gasteiger partial charge in [0.05, 0.1) is 5.75 Å². The average molecular weight is 351 g/mol. The number of amides is 1. The van der Waals surface area contributed by atoms with E-state index in [1.165, 1.54) is 0 Å². The molecule has 0 bridgehead atoms. The quantitative estimate of drug-likeness (QED) is 0.668. The van der Waals surface area contributed by atoms with Crippen LogP contribution in [0.3, 0.4) is 0 Å². The van der Waals surface area contributed by atoms with Crippen LogP contribution in [0.5, 0.6) is 0 Å². The maximum atomic E-state index is 11.7. The minimum atomic E-state index is 0.125. The second-order valence-electron chi connectivity index (χ2n) is 5.94. The molecule has 4 rings (SSSR count). The SMILES string of the molecule is O=C(Nc1ccc(SCc2nnc(-c3ccccc3)o2)cc1)C1CC1. The third kappa shape index (κ3) is 4.09. The lowest BCUT2D eigenvalue weighted by Crippen LogP contribution is -2.12. The number of hydrogen-bond acceptors (Lipinski definition) is 5. The smallest absolute Gasteiger partial charge is 0.247 e. The van der Waals surface area contributed by atoms with Crippen LogP contribution in [-0.4, -0.2) is 16.1 Å². The molecule has 1 heterocycles. The Morgan fingerprint density at radius 3 is 2.56 bits per heavy atom. The molecule has 1 aromatic heterocycles. The fourth-order valence-corrected chi connectivity index (χ4v) is 3.11. The highest BCUT2D eigenvalue weighted by Crippen LogP contribution is 2.31. The van der Waals surface area contributed by atoms with E-state index in [1.54, 1.807) is 11.8 Å². The van der Waals surface area contributed by atoms with E-state index in [-0.39, 0.29) is 11.8 Å². The molecule has 1 amide bonds. The van der Waals surface area contributed by atoms with Crippen LogP contribution in [0.1, 0.15) is 18.7 Å². The molecule has 1 aliphatic carbocycles. The van der Waals surface area contributed by atoms with Crippen LogP contribution in [0, 0.1) is 5.92 Å². The molecule has 3 aromatic rings. The average Bonchev–Trinajstić information content (AvgIpc) is 3.40. The lowest BCUT2D eigenvalue weighted by Gasteiger charge is -2.05. The standard InChI is InChI=1S/C19H17N3O2S/c23-18(13-6-7-13)20-15-8-10-16(11-9-15)25-12-17-21-22-19(24-17)14-4-2-1-3-5-14/h1-5,8-11,13H,6-7,12H2,(H,20,23). The Morgan fingerprint density at radius 1 is 1.08 bits per heavy atom. The van der Waals surface area contributed by atoms with E-state index in [9.17, 15) is 4.79 Å². The summed E-state index contributed by atoms with van der Waals surface area (Å²) in [5.41, 5.74) is 1.76. The Morgan fingerprint density at radius 2 is 1.84 bits per heavy atom.